The zero-order valence-corrected chi connectivity index (χ0v) is 18.4. The lowest BCUT2D eigenvalue weighted by Gasteiger charge is -2.14. The molecule has 0 saturated carbocycles. The first-order chi connectivity index (χ1) is 15.0. The van der Waals surface area contributed by atoms with E-state index in [4.69, 9.17) is 0 Å². The van der Waals surface area contributed by atoms with E-state index in [0.29, 0.717) is 5.56 Å². The number of pyridine rings is 1. The van der Waals surface area contributed by atoms with Crippen molar-refractivity contribution in [2.45, 2.75) is 6.92 Å². The first-order valence-electron chi connectivity index (χ1n) is 9.82. The Bertz CT molecular complexity index is 1200. The van der Waals surface area contributed by atoms with E-state index in [2.05, 4.69) is 20.6 Å². The van der Waals surface area contributed by atoms with E-state index < -0.39 is 0 Å². The van der Waals surface area contributed by atoms with Crippen LogP contribution in [0.3, 0.4) is 0 Å². The molecule has 0 atom stereocenters. The van der Waals surface area contributed by atoms with E-state index in [1.54, 1.807) is 12.4 Å². The van der Waals surface area contributed by atoms with Gasteiger partial charge in [0.1, 0.15) is 0 Å². The number of hydrogen-bond acceptors (Lipinski definition) is 6. The molecule has 0 unspecified atom stereocenters. The molecule has 0 aliphatic heterocycles. The highest BCUT2D eigenvalue weighted by Gasteiger charge is 2.10. The largest absolute Gasteiger partial charge is 0.378 e. The molecule has 0 radical (unpaired) electrons. The molecule has 2 aromatic heterocycles. The lowest BCUT2D eigenvalue weighted by atomic mass is 10.1. The second kappa shape index (κ2) is 8.97. The number of amides is 1. The Morgan fingerprint density at radius 1 is 1.03 bits per heavy atom. The second-order valence-electron chi connectivity index (χ2n) is 7.33. The van der Waals surface area contributed by atoms with Crippen LogP contribution in [0.25, 0.3) is 11.3 Å². The molecule has 0 fully saturated rings. The maximum Gasteiger partial charge on any atom is 0.255 e. The zero-order valence-electron chi connectivity index (χ0n) is 17.6. The van der Waals surface area contributed by atoms with Crippen LogP contribution in [-0.4, -0.2) is 30.0 Å². The van der Waals surface area contributed by atoms with Crippen LogP contribution in [-0.2, 0) is 0 Å². The van der Waals surface area contributed by atoms with Gasteiger partial charge in [-0.25, -0.2) is 4.98 Å². The number of benzene rings is 2. The second-order valence-corrected chi connectivity index (χ2v) is 8.19. The van der Waals surface area contributed by atoms with Crippen molar-refractivity contribution in [3.63, 3.8) is 0 Å². The molecule has 31 heavy (non-hydrogen) atoms. The number of nitrogens with one attached hydrogen (secondary N) is 2. The number of carbonyl (C=O) groups excluding carboxylic acids is 1. The molecular formula is C24H23N5OS. The predicted molar refractivity (Wildman–Crippen MR) is 129 cm³/mol. The van der Waals surface area contributed by atoms with E-state index in [-0.39, 0.29) is 5.91 Å². The topological polar surface area (TPSA) is 70.2 Å². The number of rotatable bonds is 6. The number of thiazole rings is 1. The van der Waals surface area contributed by atoms with Crippen LogP contribution in [0, 0.1) is 6.92 Å². The van der Waals surface area contributed by atoms with Crippen LogP contribution in [0.2, 0.25) is 0 Å². The van der Waals surface area contributed by atoms with E-state index in [1.807, 2.05) is 85.9 Å². The molecule has 0 saturated heterocycles. The minimum Gasteiger partial charge on any atom is -0.378 e. The summed E-state index contributed by atoms with van der Waals surface area (Å²) in [6, 6.07) is 17.2. The van der Waals surface area contributed by atoms with E-state index >= 15 is 0 Å². The summed E-state index contributed by atoms with van der Waals surface area (Å²) in [7, 11) is 3.90. The molecule has 2 aromatic carbocycles. The lowest BCUT2D eigenvalue weighted by Crippen LogP contribution is -2.14. The molecule has 156 valence electrons. The highest BCUT2D eigenvalue weighted by molar-refractivity contribution is 7.14. The van der Waals surface area contributed by atoms with Gasteiger partial charge in [0.15, 0.2) is 5.13 Å². The summed E-state index contributed by atoms with van der Waals surface area (Å²) < 4.78 is 0. The van der Waals surface area contributed by atoms with E-state index in [1.165, 1.54) is 11.3 Å². The highest BCUT2D eigenvalue weighted by atomic mass is 32.1. The van der Waals surface area contributed by atoms with Gasteiger partial charge in [-0.05, 0) is 55.0 Å². The number of nitrogens with zero attached hydrogens (tertiary/aromatic N) is 3. The summed E-state index contributed by atoms with van der Waals surface area (Å²) in [4.78, 5) is 23.4. The quantitative estimate of drug-likeness (QED) is 0.419. The predicted octanol–water partition coefficient (Wildman–Crippen LogP) is 5.58. The van der Waals surface area contributed by atoms with Gasteiger partial charge in [-0.1, -0.05) is 12.1 Å². The van der Waals surface area contributed by atoms with E-state index in [9.17, 15) is 4.79 Å². The summed E-state index contributed by atoms with van der Waals surface area (Å²) in [5.41, 5.74) is 6.20. The van der Waals surface area contributed by atoms with Gasteiger partial charge < -0.3 is 15.5 Å². The molecule has 2 heterocycles. The molecular weight excluding hydrogens is 406 g/mol. The summed E-state index contributed by atoms with van der Waals surface area (Å²) in [5, 5.41) is 9.16. The molecule has 4 aromatic rings. The lowest BCUT2D eigenvalue weighted by molar-refractivity contribution is 0.102. The number of hydrogen-bond donors (Lipinski definition) is 2. The van der Waals surface area contributed by atoms with Crippen molar-refractivity contribution in [3.8, 4) is 11.3 Å². The molecule has 2 N–H and O–H groups in total. The Labute approximate surface area is 185 Å². The Kier molecular flexibility index (Phi) is 5.95. The third-order valence-corrected chi connectivity index (χ3v) is 5.60. The molecule has 1 amide bonds. The molecule has 0 spiro atoms. The highest BCUT2D eigenvalue weighted by Crippen LogP contribution is 2.29. The van der Waals surface area contributed by atoms with Gasteiger partial charge in [0.2, 0.25) is 0 Å². The van der Waals surface area contributed by atoms with Crippen LogP contribution >= 0.6 is 11.3 Å². The minimum atomic E-state index is -0.146. The van der Waals surface area contributed by atoms with Crippen molar-refractivity contribution in [1.29, 1.82) is 0 Å². The Hall–Kier alpha value is -3.71. The fourth-order valence-corrected chi connectivity index (χ4v) is 3.80. The third-order valence-electron chi connectivity index (χ3n) is 4.84. The molecule has 0 bridgehead atoms. The summed E-state index contributed by atoms with van der Waals surface area (Å²) in [6.07, 6.45) is 3.51. The summed E-state index contributed by atoms with van der Waals surface area (Å²) in [6.45, 7) is 2.02. The summed E-state index contributed by atoms with van der Waals surface area (Å²) >= 11 is 1.53. The molecule has 0 aliphatic rings. The number of anilines is 4. The maximum absolute atomic E-state index is 12.7. The normalized spacial score (nSPS) is 10.5. The average molecular weight is 430 g/mol. The van der Waals surface area contributed by atoms with Gasteiger partial charge in [0.25, 0.3) is 5.91 Å². The van der Waals surface area contributed by atoms with Gasteiger partial charge in [-0.2, -0.15) is 0 Å². The van der Waals surface area contributed by atoms with Crippen LogP contribution in [0.5, 0.6) is 0 Å². The van der Waals surface area contributed by atoms with Crippen molar-refractivity contribution < 1.29 is 4.79 Å². The van der Waals surface area contributed by atoms with Crippen molar-refractivity contribution in [2.75, 3.05) is 29.6 Å². The van der Waals surface area contributed by atoms with Crippen LogP contribution in [0.1, 0.15) is 15.9 Å². The van der Waals surface area contributed by atoms with Crippen molar-refractivity contribution in [1.82, 2.24) is 9.97 Å². The third kappa shape index (κ3) is 4.90. The maximum atomic E-state index is 12.7. The smallest absolute Gasteiger partial charge is 0.255 e. The van der Waals surface area contributed by atoms with Crippen LogP contribution in [0.15, 0.2) is 72.4 Å². The van der Waals surface area contributed by atoms with Crippen molar-refractivity contribution >= 4 is 39.4 Å². The van der Waals surface area contributed by atoms with Gasteiger partial charge in [0.05, 0.1) is 5.69 Å². The molecule has 0 aliphatic carbocycles. The Balaban J connectivity index is 1.51. The van der Waals surface area contributed by atoms with Crippen molar-refractivity contribution in [3.05, 3.63) is 83.5 Å². The molecule has 4 rings (SSSR count). The first-order valence-corrected chi connectivity index (χ1v) is 10.7. The molecule has 6 nitrogen and oxygen atoms in total. The monoisotopic (exact) mass is 429 g/mol. The van der Waals surface area contributed by atoms with Crippen LogP contribution < -0.4 is 15.5 Å². The van der Waals surface area contributed by atoms with Crippen molar-refractivity contribution in [2.24, 2.45) is 0 Å². The summed E-state index contributed by atoms with van der Waals surface area (Å²) in [5.74, 6) is -0.146. The average Bonchev–Trinajstić information content (AvgIpc) is 3.25. The number of aryl methyl sites for hydroxylation is 1. The van der Waals surface area contributed by atoms with Gasteiger partial charge in [0, 0.05) is 60.1 Å². The first kappa shape index (κ1) is 20.6. The van der Waals surface area contributed by atoms with E-state index in [0.717, 1.165) is 39.0 Å². The fourth-order valence-electron chi connectivity index (χ4n) is 3.06. The fraction of sp³-hybridized carbons (Fsp3) is 0.125. The standard InChI is InChI=1S/C24H23N5OS/c1-16-7-8-19(26-23(30)18-5-4-6-20(13-18)29(2)3)14-21(16)27-24-28-22(15-31-24)17-9-11-25-12-10-17/h4-15H,1-3H3,(H,26,30)(H,27,28). The number of carbonyl (C=O) groups is 1. The Morgan fingerprint density at radius 2 is 1.84 bits per heavy atom. The van der Waals surface area contributed by atoms with Gasteiger partial charge in [-0.15, -0.1) is 11.3 Å². The van der Waals surface area contributed by atoms with Gasteiger partial charge >= 0.3 is 0 Å². The van der Waals surface area contributed by atoms with Crippen LogP contribution in [0.4, 0.5) is 22.2 Å². The minimum absolute atomic E-state index is 0.146. The zero-order chi connectivity index (χ0) is 21.8. The Morgan fingerprint density at radius 3 is 2.61 bits per heavy atom. The SMILES string of the molecule is Cc1ccc(NC(=O)c2cccc(N(C)C)c2)cc1Nc1nc(-c2ccncc2)cs1. The molecule has 7 heteroatoms. The van der Waals surface area contributed by atoms with Gasteiger partial charge in [-0.3, -0.25) is 9.78 Å². The number of aromatic nitrogens is 2.